The molecule has 0 spiro atoms. The number of phenolic OH excluding ortho intramolecular Hbond substituents is 3. The predicted molar refractivity (Wildman–Crippen MR) is 151 cm³/mol. The number of nitrogens with one attached hydrogen (secondary N) is 1. The molecule has 0 aliphatic heterocycles. The summed E-state index contributed by atoms with van der Waals surface area (Å²) in [5.41, 5.74) is 1.79. The molecule has 1 amide bonds. The van der Waals surface area contributed by atoms with Crippen molar-refractivity contribution in [3.05, 3.63) is 105 Å². The Balaban J connectivity index is 1.65. The van der Waals surface area contributed by atoms with Gasteiger partial charge in [0.25, 0.3) is 5.91 Å². The van der Waals surface area contributed by atoms with Gasteiger partial charge in [0.1, 0.15) is 0 Å². The van der Waals surface area contributed by atoms with Crippen LogP contribution in [0, 0.1) is 0 Å². The minimum absolute atomic E-state index is 0.00123. The first kappa shape index (κ1) is 28.3. The summed E-state index contributed by atoms with van der Waals surface area (Å²) in [6.45, 7) is 4.14. The number of rotatable bonds is 7. The zero-order chi connectivity index (χ0) is 28.5. The van der Waals surface area contributed by atoms with Crippen LogP contribution >= 0.6 is 23.2 Å². The van der Waals surface area contributed by atoms with Crippen molar-refractivity contribution in [3.8, 4) is 17.2 Å². The Bertz CT molecular complexity index is 1650. The van der Waals surface area contributed by atoms with Crippen LogP contribution in [0.5, 0.6) is 17.2 Å². The average molecular weight is 586 g/mol. The number of phenols is 3. The van der Waals surface area contributed by atoms with E-state index in [1.165, 1.54) is 48.5 Å². The first-order valence-corrected chi connectivity index (χ1v) is 14.1. The molecule has 4 aromatic rings. The Morgan fingerprint density at radius 1 is 0.821 bits per heavy atom. The Hall–Kier alpha value is -3.72. The molecule has 0 fully saturated rings. The van der Waals surface area contributed by atoms with Crippen LogP contribution in [0.1, 0.15) is 46.8 Å². The molecule has 0 aliphatic rings. The van der Waals surface area contributed by atoms with Crippen LogP contribution in [0.15, 0.2) is 82.6 Å². The number of carbonyl (C=O) groups is 1. The first-order chi connectivity index (χ1) is 18.4. The van der Waals surface area contributed by atoms with Gasteiger partial charge in [-0.15, -0.1) is 0 Å². The number of hydrogen-bond donors (Lipinski definition) is 4. The summed E-state index contributed by atoms with van der Waals surface area (Å²) < 4.78 is 26.2. The van der Waals surface area contributed by atoms with Gasteiger partial charge in [-0.05, 0) is 65.6 Å². The van der Waals surface area contributed by atoms with Crippen molar-refractivity contribution >= 4 is 44.6 Å². The third kappa shape index (κ3) is 5.98. The number of sulfone groups is 1. The lowest BCUT2D eigenvalue weighted by molar-refractivity contribution is 0.102. The summed E-state index contributed by atoms with van der Waals surface area (Å²) in [5, 5.41) is 34.1. The highest BCUT2D eigenvalue weighted by Gasteiger charge is 2.24. The third-order valence-corrected chi connectivity index (χ3v) is 8.58. The lowest BCUT2D eigenvalue weighted by Gasteiger charge is -2.14. The SMILES string of the molecule is CC(C)c1ccc(Cc2cc(C(=O)Nc3cc(S(=O)(=O)c4ccc(Cl)cc4)ccc3Cl)c(O)c(O)c2O)cc1. The highest BCUT2D eigenvalue weighted by molar-refractivity contribution is 7.91. The van der Waals surface area contributed by atoms with Gasteiger partial charge in [0.05, 0.1) is 26.1 Å². The fraction of sp³-hybridized carbons (Fsp3) is 0.138. The molecule has 39 heavy (non-hydrogen) atoms. The normalized spacial score (nSPS) is 11.5. The standard InChI is InChI=1S/C29H25Cl2NO6S/c1-16(2)18-5-3-17(4-6-18)13-19-14-23(27(34)28(35)26(19)33)29(36)32-25-15-22(11-12-24(25)31)39(37,38)21-9-7-20(30)8-10-21/h3-12,14-16,33-35H,13H2,1-2H3,(H,32,36). The predicted octanol–water partition coefficient (Wildman–Crippen LogP) is 6.91. The van der Waals surface area contributed by atoms with E-state index in [0.29, 0.717) is 10.9 Å². The maximum Gasteiger partial charge on any atom is 0.259 e. The molecule has 0 atom stereocenters. The van der Waals surface area contributed by atoms with Gasteiger partial charge in [0.2, 0.25) is 15.6 Å². The van der Waals surface area contributed by atoms with E-state index in [2.05, 4.69) is 19.2 Å². The van der Waals surface area contributed by atoms with Crippen LogP contribution in [-0.2, 0) is 16.3 Å². The molecule has 10 heteroatoms. The van der Waals surface area contributed by atoms with E-state index >= 15 is 0 Å². The Labute approximate surface area is 236 Å². The summed E-state index contributed by atoms with van der Waals surface area (Å²) in [5.74, 6) is -2.76. The Morgan fingerprint density at radius 3 is 2.05 bits per heavy atom. The molecule has 0 saturated carbocycles. The molecule has 0 bridgehead atoms. The average Bonchev–Trinajstić information content (AvgIpc) is 2.90. The summed E-state index contributed by atoms with van der Waals surface area (Å²) in [6, 6.07) is 18.4. The maximum atomic E-state index is 13.2. The Kier molecular flexibility index (Phi) is 8.11. The number of aromatic hydroxyl groups is 3. The molecule has 0 heterocycles. The molecule has 4 aromatic carbocycles. The van der Waals surface area contributed by atoms with Crippen LogP contribution < -0.4 is 5.32 Å². The van der Waals surface area contributed by atoms with E-state index in [4.69, 9.17) is 23.2 Å². The number of benzene rings is 4. The van der Waals surface area contributed by atoms with E-state index in [1.807, 2.05) is 24.3 Å². The van der Waals surface area contributed by atoms with Gasteiger partial charge in [-0.1, -0.05) is 61.3 Å². The van der Waals surface area contributed by atoms with Crippen molar-refractivity contribution in [1.29, 1.82) is 0 Å². The van der Waals surface area contributed by atoms with E-state index in [1.54, 1.807) is 0 Å². The third-order valence-electron chi connectivity index (χ3n) is 6.23. The van der Waals surface area contributed by atoms with Gasteiger partial charge in [-0.2, -0.15) is 0 Å². The van der Waals surface area contributed by atoms with Crippen molar-refractivity contribution < 1.29 is 28.5 Å². The maximum absolute atomic E-state index is 13.2. The van der Waals surface area contributed by atoms with Gasteiger partial charge in [0.15, 0.2) is 11.5 Å². The van der Waals surface area contributed by atoms with E-state index in [9.17, 15) is 28.5 Å². The number of amides is 1. The quantitative estimate of drug-likeness (QED) is 0.175. The van der Waals surface area contributed by atoms with Crippen LogP contribution in [0.2, 0.25) is 10.0 Å². The summed E-state index contributed by atoms with van der Waals surface area (Å²) >= 11 is 12.1. The van der Waals surface area contributed by atoms with Crippen molar-refractivity contribution in [1.82, 2.24) is 0 Å². The fourth-order valence-corrected chi connectivity index (χ4v) is 5.54. The molecule has 0 aliphatic carbocycles. The zero-order valence-corrected chi connectivity index (χ0v) is 23.3. The summed E-state index contributed by atoms with van der Waals surface area (Å²) in [6.07, 6.45) is 0.175. The molecule has 0 saturated heterocycles. The second-order valence-electron chi connectivity index (χ2n) is 9.26. The van der Waals surface area contributed by atoms with Gasteiger partial charge in [-0.25, -0.2) is 8.42 Å². The molecule has 0 aromatic heterocycles. The molecule has 7 nitrogen and oxygen atoms in total. The van der Waals surface area contributed by atoms with E-state index < -0.39 is 33.0 Å². The van der Waals surface area contributed by atoms with Gasteiger partial charge < -0.3 is 20.6 Å². The van der Waals surface area contributed by atoms with Crippen LogP contribution in [0.4, 0.5) is 5.69 Å². The molecular weight excluding hydrogens is 561 g/mol. The number of carbonyl (C=O) groups excluding carboxylic acids is 1. The molecule has 4 rings (SSSR count). The summed E-state index contributed by atoms with van der Waals surface area (Å²) in [4.78, 5) is 13.0. The zero-order valence-electron chi connectivity index (χ0n) is 20.9. The number of anilines is 1. The highest BCUT2D eigenvalue weighted by Crippen LogP contribution is 2.42. The molecule has 0 unspecified atom stereocenters. The van der Waals surface area contributed by atoms with E-state index in [0.717, 1.165) is 11.1 Å². The topological polar surface area (TPSA) is 124 Å². The Morgan fingerprint density at radius 2 is 1.44 bits per heavy atom. The number of halogens is 2. The molecule has 4 N–H and O–H groups in total. The van der Waals surface area contributed by atoms with Gasteiger partial charge >= 0.3 is 0 Å². The minimum atomic E-state index is -3.96. The summed E-state index contributed by atoms with van der Waals surface area (Å²) in [7, 11) is -3.96. The van der Waals surface area contributed by atoms with Crippen LogP contribution in [0.3, 0.4) is 0 Å². The van der Waals surface area contributed by atoms with Crippen molar-refractivity contribution in [2.24, 2.45) is 0 Å². The fourth-order valence-electron chi connectivity index (χ4n) is 3.96. The van der Waals surface area contributed by atoms with Crippen LogP contribution in [0.25, 0.3) is 0 Å². The second-order valence-corrected chi connectivity index (χ2v) is 12.0. The lowest BCUT2D eigenvalue weighted by atomic mass is 9.97. The lowest BCUT2D eigenvalue weighted by Crippen LogP contribution is -2.14. The minimum Gasteiger partial charge on any atom is -0.504 e. The van der Waals surface area contributed by atoms with Gasteiger partial charge in [0, 0.05) is 17.0 Å². The molecule has 0 radical (unpaired) electrons. The highest BCUT2D eigenvalue weighted by atomic mass is 35.5. The largest absolute Gasteiger partial charge is 0.504 e. The van der Waals surface area contributed by atoms with Crippen molar-refractivity contribution in [2.75, 3.05) is 5.32 Å². The second kappa shape index (κ2) is 11.2. The first-order valence-electron chi connectivity index (χ1n) is 11.9. The number of hydrogen-bond acceptors (Lipinski definition) is 6. The van der Waals surface area contributed by atoms with E-state index in [-0.39, 0.29) is 38.0 Å². The van der Waals surface area contributed by atoms with Crippen LogP contribution in [-0.4, -0.2) is 29.6 Å². The van der Waals surface area contributed by atoms with Crippen molar-refractivity contribution in [3.63, 3.8) is 0 Å². The van der Waals surface area contributed by atoms with Gasteiger partial charge in [-0.3, -0.25) is 4.79 Å². The molecular formula is C29H25Cl2NO6S. The molecule has 202 valence electrons. The smallest absolute Gasteiger partial charge is 0.259 e. The monoisotopic (exact) mass is 585 g/mol. The van der Waals surface area contributed by atoms with Crippen molar-refractivity contribution in [2.45, 2.75) is 36.0 Å².